The molecule has 1 atom stereocenters. The lowest BCUT2D eigenvalue weighted by atomic mass is 10.0. The molecular weight excluding hydrogens is 268 g/mol. The maximum Gasteiger partial charge on any atom is 0.354 e. The second-order valence-corrected chi connectivity index (χ2v) is 5.38. The van der Waals surface area contributed by atoms with Crippen LogP contribution in [0.4, 0.5) is 5.82 Å². The molecule has 0 bridgehead atoms. The zero-order valence-electron chi connectivity index (χ0n) is 11.7. The van der Waals surface area contributed by atoms with Gasteiger partial charge in [0.1, 0.15) is 5.82 Å². The first-order valence-electron chi connectivity index (χ1n) is 7.21. The Hall–Kier alpha value is -2.14. The molecule has 1 saturated heterocycles. The van der Waals surface area contributed by atoms with Crippen LogP contribution in [0, 0.1) is 0 Å². The molecule has 1 aromatic carbocycles. The van der Waals surface area contributed by atoms with E-state index in [2.05, 4.69) is 9.88 Å². The normalized spacial score (nSPS) is 18.9. The van der Waals surface area contributed by atoms with Crippen LogP contribution in [0.15, 0.2) is 30.3 Å². The molecule has 2 heterocycles. The van der Waals surface area contributed by atoms with Crippen molar-refractivity contribution in [2.75, 3.05) is 18.1 Å². The summed E-state index contributed by atoms with van der Waals surface area (Å²) in [7, 11) is 0. The minimum Gasteiger partial charge on any atom is -0.477 e. The Morgan fingerprint density at radius 2 is 2.14 bits per heavy atom. The van der Waals surface area contributed by atoms with Gasteiger partial charge in [0, 0.05) is 11.9 Å². The van der Waals surface area contributed by atoms with Gasteiger partial charge in [-0.15, -0.1) is 0 Å². The molecule has 0 amide bonds. The van der Waals surface area contributed by atoms with Gasteiger partial charge in [0.2, 0.25) is 0 Å². The number of aromatic nitrogens is 1. The first kappa shape index (κ1) is 13.8. The van der Waals surface area contributed by atoms with Gasteiger partial charge in [-0.05, 0) is 30.7 Å². The summed E-state index contributed by atoms with van der Waals surface area (Å²) in [5, 5.41) is 20.6. The quantitative estimate of drug-likeness (QED) is 0.905. The summed E-state index contributed by atoms with van der Waals surface area (Å²) in [6, 6.07) is 9.26. The van der Waals surface area contributed by atoms with E-state index in [0.29, 0.717) is 5.82 Å². The zero-order chi connectivity index (χ0) is 14.8. The second kappa shape index (κ2) is 5.69. The number of nitrogens with zero attached hydrogens (tertiary/aromatic N) is 2. The van der Waals surface area contributed by atoms with Crippen LogP contribution in [0.1, 0.15) is 29.8 Å². The second-order valence-electron chi connectivity index (χ2n) is 5.38. The number of carboxylic acids is 1. The number of fused-ring (bicyclic) bond motifs is 1. The van der Waals surface area contributed by atoms with Gasteiger partial charge < -0.3 is 15.1 Å². The number of aliphatic hydroxyl groups is 1. The van der Waals surface area contributed by atoms with Crippen molar-refractivity contribution >= 4 is 22.6 Å². The molecule has 0 saturated carbocycles. The van der Waals surface area contributed by atoms with Gasteiger partial charge in [-0.1, -0.05) is 24.3 Å². The number of hydrogen-bond donors (Lipinski definition) is 2. The number of aromatic carboxylic acids is 1. The topological polar surface area (TPSA) is 73.7 Å². The van der Waals surface area contributed by atoms with Crippen LogP contribution in [-0.2, 0) is 0 Å². The summed E-state index contributed by atoms with van der Waals surface area (Å²) in [6.07, 6.45) is 3.02. The Labute approximate surface area is 122 Å². The van der Waals surface area contributed by atoms with E-state index in [1.54, 1.807) is 6.07 Å². The number of benzene rings is 1. The van der Waals surface area contributed by atoms with Crippen molar-refractivity contribution in [2.24, 2.45) is 0 Å². The number of pyridine rings is 1. The number of piperidine rings is 1. The fourth-order valence-electron chi connectivity index (χ4n) is 2.98. The average Bonchev–Trinajstić information content (AvgIpc) is 2.53. The van der Waals surface area contributed by atoms with Gasteiger partial charge in [0.15, 0.2) is 5.69 Å². The van der Waals surface area contributed by atoms with Crippen LogP contribution in [-0.4, -0.2) is 40.4 Å². The summed E-state index contributed by atoms with van der Waals surface area (Å²) >= 11 is 0. The lowest BCUT2D eigenvalue weighted by Crippen LogP contribution is -2.42. The molecule has 1 unspecified atom stereocenters. The molecule has 5 nitrogen and oxygen atoms in total. The minimum absolute atomic E-state index is 0.0127. The fraction of sp³-hybridized carbons (Fsp3) is 0.375. The Balaban J connectivity index is 2.17. The third-order valence-electron chi connectivity index (χ3n) is 4.05. The molecular formula is C16H18N2O3. The number of carboxylic acid groups (broad SMARTS) is 1. The van der Waals surface area contributed by atoms with E-state index in [-0.39, 0.29) is 18.3 Å². The predicted octanol–water partition coefficient (Wildman–Crippen LogP) is 2.28. The number of aliphatic hydroxyl groups excluding tert-OH is 1. The van der Waals surface area contributed by atoms with Gasteiger partial charge in [-0.25, -0.2) is 9.78 Å². The van der Waals surface area contributed by atoms with E-state index < -0.39 is 5.97 Å². The summed E-state index contributed by atoms with van der Waals surface area (Å²) in [4.78, 5) is 17.7. The van der Waals surface area contributed by atoms with Crippen LogP contribution in [0.3, 0.4) is 0 Å². The van der Waals surface area contributed by atoms with E-state index in [1.807, 2.05) is 24.3 Å². The summed E-state index contributed by atoms with van der Waals surface area (Å²) in [6.45, 7) is 0.860. The van der Waals surface area contributed by atoms with Crippen molar-refractivity contribution in [3.63, 3.8) is 0 Å². The van der Waals surface area contributed by atoms with E-state index >= 15 is 0 Å². The van der Waals surface area contributed by atoms with Crippen molar-refractivity contribution in [2.45, 2.75) is 25.3 Å². The zero-order valence-corrected chi connectivity index (χ0v) is 11.7. The molecule has 21 heavy (non-hydrogen) atoms. The molecule has 2 aromatic rings. The van der Waals surface area contributed by atoms with Crippen LogP contribution in [0.25, 0.3) is 10.8 Å². The van der Waals surface area contributed by atoms with Crippen LogP contribution in [0.5, 0.6) is 0 Å². The third-order valence-corrected chi connectivity index (χ3v) is 4.05. The van der Waals surface area contributed by atoms with Gasteiger partial charge in [-0.3, -0.25) is 0 Å². The van der Waals surface area contributed by atoms with Crippen molar-refractivity contribution in [3.05, 3.63) is 36.0 Å². The molecule has 5 heteroatoms. The molecule has 0 aliphatic carbocycles. The molecule has 1 aliphatic rings. The van der Waals surface area contributed by atoms with Gasteiger partial charge >= 0.3 is 5.97 Å². The van der Waals surface area contributed by atoms with Gasteiger partial charge in [0.25, 0.3) is 0 Å². The van der Waals surface area contributed by atoms with E-state index in [9.17, 15) is 15.0 Å². The minimum atomic E-state index is -1.03. The highest BCUT2D eigenvalue weighted by molar-refractivity contribution is 5.98. The Morgan fingerprint density at radius 3 is 2.90 bits per heavy atom. The molecule has 1 aromatic heterocycles. The first-order chi connectivity index (χ1) is 10.2. The van der Waals surface area contributed by atoms with E-state index in [4.69, 9.17) is 0 Å². The smallest absolute Gasteiger partial charge is 0.354 e. The third kappa shape index (κ3) is 2.56. The number of anilines is 1. The van der Waals surface area contributed by atoms with E-state index in [1.165, 1.54) is 0 Å². The molecule has 110 valence electrons. The van der Waals surface area contributed by atoms with Crippen LogP contribution < -0.4 is 4.90 Å². The monoisotopic (exact) mass is 286 g/mol. The van der Waals surface area contributed by atoms with Crippen molar-refractivity contribution in [1.29, 1.82) is 0 Å². The molecule has 0 radical (unpaired) electrons. The number of hydrogen-bond acceptors (Lipinski definition) is 4. The van der Waals surface area contributed by atoms with E-state index in [0.717, 1.165) is 36.6 Å². The van der Waals surface area contributed by atoms with Gasteiger partial charge in [0.05, 0.1) is 12.6 Å². The SMILES string of the molecule is O=C(O)c1cc2ccccc2c(N2CCCCC2CO)n1. The standard InChI is InChI=1S/C16H18N2O3/c19-10-12-6-3-4-8-18(12)15-13-7-2-1-5-11(13)9-14(17-15)16(20)21/h1-2,5,7,9,12,19H,3-4,6,8,10H2,(H,20,21). The summed E-state index contributed by atoms with van der Waals surface area (Å²) in [5.41, 5.74) is 0.0472. The highest BCUT2D eigenvalue weighted by Crippen LogP contribution is 2.30. The fourth-order valence-corrected chi connectivity index (χ4v) is 2.98. The predicted molar refractivity (Wildman–Crippen MR) is 80.8 cm³/mol. The highest BCUT2D eigenvalue weighted by atomic mass is 16.4. The average molecular weight is 286 g/mol. The molecule has 3 rings (SSSR count). The molecule has 1 aliphatic heterocycles. The summed E-state index contributed by atoms with van der Waals surface area (Å²) in [5.74, 6) is -0.358. The highest BCUT2D eigenvalue weighted by Gasteiger charge is 2.25. The van der Waals surface area contributed by atoms with Crippen molar-refractivity contribution < 1.29 is 15.0 Å². The van der Waals surface area contributed by atoms with Crippen molar-refractivity contribution in [3.8, 4) is 0 Å². The van der Waals surface area contributed by atoms with Crippen LogP contribution in [0.2, 0.25) is 0 Å². The molecule has 2 N–H and O–H groups in total. The van der Waals surface area contributed by atoms with Crippen molar-refractivity contribution in [1.82, 2.24) is 4.98 Å². The Morgan fingerprint density at radius 1 is 1.33 bits per heavy atom. The first-order valence-corrected chi connectivity index (χ1v) is 7.21. The largest absolute Gasteiger partial charge is 0.477 e. The Kier molecular flexibility index (Phi) is 3.75. The maximum atomic E-state index is 11.3. The molecule has 0 spiro atoms. The molecule has 1 fully saturated rings. The van der Waals surface area contributed by atoms with Gasteiger partial charge in [-0.2, -0.15) is 0 Å². The summed E-state index contributed by atoms with van der Waals surface area (Å²) < 4.78 is 0. The van der Waals surface area contributed by atoms with Crippen LogP contribution >= 0.6 is 0 Å². The lowest BCUT2D eigenvalue weighted by molar-refractivity contribution is 0.0691. The number of rotatable bonds is 3. The Bertz CT molecular complexity index is 672. The number of carbonyl (C=O) groups is 1. The maximum absolute atomic E-state index is 11.3. The lowest BCUT2D eigenvalue weighted by Gasteiger charge is -2.36.